The average Bonchev–Trinajstić information content (AvgIpc) is 2.47. The molecule has 0 bridgehead atoms. The van der Waals surface area contributed by atoms with E-state index < -0.39 is 5.82 Å². The van der Waals surface area contributed by atoms with Gasteiger partial charge in [0.05, 0.1) is 11.6 Å². The lowest BCUT2D eigenvalue weighted by molar-refractivity contribution is 0.0813. The highest BCUT2D eigenvalue weighted by molar-refractivity contribution is 5.85. The number of nitriles is 1. The fraction of sp³-hybridized carbons (Fsp3) is 0.562. The maximum absolute atomic E-state index is 13.8. The first-order valence-corrected chi connectivity index (χ1v) is 7.58. The first kappa shape index (κ1) is 20.0. The van der Waals surface area contributed by atoms with E-state index in [4.69, 9.17) is 0 Å². The average molecular weight is 362 g/mol. The second-order valence-electron chi connectivity index (χ2n) is 5.89. The summed E-state index contributed by atoms with van der Waals surface area (Å²) in [5.74, 6) is -0.573. The smallest absolute Gasteiger partial charge is 0.165 e. The van der Waals surface area contributed by atoms with Gasteiger partial charge in [-0.3, -0.25) is 4.90 Å². The molecule has 23 heavy (non-hydrogen) atoms. The van der Waals surface area contributed by atoms with Crippen LogP contribution in [0.15, 0.2) is 12.1 Å². The van der Waals surface area contributed by atoms with Crippen LogP contribution in [0.25, 0.3) is 0 Å². The summed E-state index contributed by atoms with van der Waals surface area (Å²) in [5.41, 5.74) is 0.883. The van der Waals surface area contributed by atoms with Crippen molar-refractivity contribution in [2.24, 2.45) is 5.92 Å². The normalized spacial score (nSPS) is 19.7. The van der Waals surface area contributed by atoms with Crippen molar-refractivity contribution in [1.82, 2.24) is 10.2 Å². The Morgan fingerprint density at radius 2 is 1.91 bits per heavy atom. The second-order valence-corrected chi connectivity index (χ2v) is 5.89. The first-order chi connectivity index (χ1) is 10.2. The molecular formula is C16H22Cl2FN3O. The topological polar surface area (TPSA) is 59.3 Å². The third-order valence-corrected chi connectivity index (χ3v) is 4.73. The van der Waals surface area contributed by atoms with Crippen LogP contribution in [0.2, 0.25) is 0 Å². The van der Waals surface area contributed by atoms with Crippen LogP contribution in [0.4, 0.5) is 4.39 Å². The van der Waals surface area contributed by atoms with E-state index in [1.54, 1.807) is 0 Å². The summed E-state index contributed by atoms with van der Waals surface area (Å²) in [7, 11) is 0. The number of aromatic hydroxyl groups is 1. The van der Waals surface area contributed by atoms with Gasteiger partial charge in [-0.15, -0.1) is 24.8 Å². The predicted molar refractivity (Wildman–Crippen MR) is 91.8 cm³/mol. The van der Waals surface area contributed by atoms with Gasteiger partial charge in [0, 0.05) is 37.8 Å². The molecule has 1 saturated carbocycles. The highest BCUT2D eigenvalue weighted by Gasteiger charge is 2.37. The largest absolute Gasteiger partial charge is 0.505 e. The summed E-state index contributed by atoms with van der Waals surface area (Å²) < 4.78 is 13.8. The standard InChI is InChI=1S/C16H20FN3O.2ClH/c17-13-5-4-12(10-18)14(16(13)21)15(11-2-1-3-11)20-8-6-19-7-9-20;;/h4-5,11,15,19,21H,1-3,6-9H2;2*1H/t15-;;/m0../s1. The zero-order valence-electron chi connectivity index (χ0n) is 12.8. The minimum atomic E-state index is -0.636. The molecular weight excluding hydrogens is 340 g/mol. The second kappa shape index (κ2) is 8.70. The molecule has 2 N–H and O–H groups in total. The van der Waals surface area contributed by atoms with E-state index in [1.165, 1.54) is 18.6 Å². The SMILES string of the molecule is Cl.Cl.N#Cc1ccc(F)c(O)c1[C@H](C1CCC1)N1CCNCC1. The summed E-state index contributed by atoms with van der Waals surface area (Å²) >= 11 is 0. The van der Waals surface area contributed by atoms with Gasteiger partial charge < -0.3 is 10.4 Å². The van der Waals surface area contributed by atoms with Crippen molar-refractivity contribution < 1.29 is 9.50 Å². The van der Waals surface area contributed by atoms with Crippen molar-refractivity contribution in [3.05, 3.63) is 29.1 Å². The van der Waals surface area contributed by atoms with Crippen molar-refractivity contribution >= 4 is 24.8 Å². The van der Waals surface area contributed by atoms with E-state index in [1.807, 2.05) is 0 Å². The molecule has 0 amide bonds. The Labute approximate surface area is 148 Å². The maximum Gasteiger partial charge on any atom is 0.165 e. The third-order valence-electron chi connectivity index (χ3n) is 4.73. The fourth-order valence-corrected chi connectivity index (χ4v) is 3.41. The number of nitrogens with one attached hydrogen (secondary N) is 1. The molecule has 4 nitrogen and oxygen atoms in total. The third kappa shape index (κ3) is 3.89. The molecule has 1 saturated heterocycles. The van der Waals surface area contributed by atoms with Crippen LogP contribution in [0.5, 0.6) is 5.75 Å². The van der Waals surface area contributed by atoms with Crippen LogP contribution < -0.4 is 5.32 Å². The Bertz CT molecular complexity index is 569. The van der Waals surface area contributed by atoms with Crippen LogP contribution >= 0.6 is 24.8 Å². The fourth-order valence-electron chi connectivity index (χ4n) is 3.41. The number of hydrogen-bond donors (Lipinski definition) is 2. The van der Waals surface area contributed by atoms with E-state index in [0.717, 1.165) is 39.0 Å². The van der Waals surface area contributed by atoms with Gasteiger partial charge in [-0.2, -0.15) is 5.26 Å². The Morgan fingerprint density at radius 3 is 2.43 bits per heavy atom. The molecule has 3 rings (SSSR count). The molecule has 0 aromatic heterocycles. The lowest BCUT2D eigenvalue weighted by Gasteiger charge is -2.43. The minimum Gasteiger partial charge on any atom is -0.505 e. The number of piperazine rings is 1. The van der Waals surface area contributed by atoms with Crippen LogP contribution in [0.1, 0.15) is 36.4 Å². The van der Waals surface area contributed by atoms with E-state index >= 15 is 0 Å². The maximum atomic E-state index is 13.8. The molecule has 2 aliphatic rings. The molecule has 1 aromatic rings. The summed E-state index contributed by atoms with van der Waals surface area (Å²) in [6, 6.07) is 4.73. The molecule has 1 aliphatic heterocycles. The lowest BCUT2D eigenvalue weighted by Crippen LogP contribution is -2.48. The lowest BCUT2D eigenvalue weighted by atomic mass is 9.75. The van der Waals surface area contributed by atoms with E-state index in [2.05, 4.69) is 16.3 Å². The summed E-state index contributed by atoms with van der Waals surface area (Å²) in [6.45, 7) is 3.51. The molecule has 1 aliphatic carbocycles. The quantitative estimate of drug-likeness (QED) is 0.868. The van der Waals surface area contributed by atoms with Crippen LogP contribution in [0.3, 0.4) is 0 Å². The predicted octanol–water partition coefficient (Wildman–Crippen LogP) is 2.99. The Morgan fingerprint density at radius 1 is 1.26 bits per heavy atom. The summed E-state index contributed by atoms with van der Waals surface area (Å²) in [5, 5.41) is 22.9. The van der Waals surface area contributed by atoms with Gasteiger partial charge in [0.2, 0.25) is 0 Å². The molecule has 0 radical (unpaired) electrons. The number of halogens is 3. The molecule has 0 spiro atoms. The molecule has 0 unspecified atom stereocenters. The highest BCUT2D eigenvalue weighted by atomic mass is 35.5. The number of hydrogen-bond acceptors (Lipinski definition) is 4. The van der Waals surface area contributed by atoms with Gasteiger partial charge in [0.25, 0.3) is 0 Å². The van der Waals surface area contributed by atoms with Gasteiger partial charge in [-0.05, 0) is 30.9 Å². The molecule has 1 atom stereocenters. The molecule has 128 valence electrons. The van der Waals surface area contributed by atoms with Crippen molar-refractivity contribution in [3.63, 3.8) is 0 Å². The van der Waals surface area contributed by atoms with Gasteiger partial charge >= 0.3 is 0 Å². The first-order valence-electron chi connectivity index (χ1n) is 7.58. The van der Waals surface area contributed by atoms with Crippen molar-refractivity contribution in [2.75, 3.05) is 26.2 Å². The molecule has 1 heterocycles. The number of phenolic OH excluding ortho intramolecular Hbond substituents is 1. The van der Waals surface area contributed by atoms with Crippen LogP contribution in [-0.4, -0.2) is 36.2 Å². The number of phenols is 1. The van der Waals surface area contributed by atoms with Gasteiger partial charge in [-0.1, -0.05) is 6.42 Å². The van der Waals surface area contributed by atoms with Crippen molar-refractivity contribution in [3.8, 4) is 11.8 Å². The van der Waals surface area contributed by atoms with E-state index in [-0.39, 0.29) is 36.6 Å². The molecule has 1 aromatic carbocycles. The van der Waals surface area contributed by atoms with Crippen LogP contribution in [0, 0.1) is 23.1 Å². The molecule has 7 heteroatoms. The van der Waals surface area contributed by atoms with Crippen molar-refractivity contribution in [2.45, 2.75) is 25.3 Å². The number of nitrogens with zero attached hydrogens (tertiary/aromatic N) is 2. The highest BCUT2D eigenvalue weighted by Crippen LogP contribution is 2.45. The van der Waals surface area contributed by atoms with Gasteiger partial charge in [-0.25, -0.2) is 4.39 Å². The summed E-state index contributed by atoms with van der Waals surface area (Å²) in [6.07, 6.45) is 3.33. The van der Waals surface area contributed by atoms with E-state index in [0.29, 0.717) is 17.0 Å². The Hall–Kier alpha value is -1.06. The van der Waals surface area contributed by atoms with Crippen molar-refractivity contribution in [1.29, 1.82) is 5.26 Å². The van der Waals surface area contributed by atoms with Gasteiger partial charge in [0.1, 0.15) is 0 Å². The number of rotatable bonds is 3. The monoisotopic (exact) mass is 361 g/mol. The summed E-state index contributed by atoms with van der Waals surface area (Å²) in [4.78, 5) is 2.29. The zero-order chi connectivity index (χ0) is 14.8. The van der Waals surface area contributed by atoms with E-state index in [9.17, 15) is 14.8 Å². The minimum absolute atomic E-state index is 0. The Kier molecular flexibility index (Phi) is 7.56. The Balaban J connectivity index is 0.00000132. The zero-order valence-corrected chi connectivity index (χ0v) is 14.4. The number of benzene rings is 1. The van der Waals surface area contributed by atoms with Gasteiger partial charge in [0.15, 0.2) is 11.6 Å². The molecule has 2 fully saturated rings. The van der Waals surface area contributed by atoms with Crippen LogP contribution in [-0.2, 0) is 0 Å².